The van der Waals surface area contributed by atoms with Crippen molar-refractivity contribution >= 4 is 33.2 Å². The van der Waals surface area contributed by atoms with Crippen molar-refractivity contribution < 1.29 is 17.6 Å². The number of nitrogens with zero attached hydrogens (tertiary/aromatic N) is 2. The maximum absolute atomic E-state index is 13.1. The van der Waals surface area contributed by atoms with Gasteiger partial charge in [0, 0.05) is 24.8 Å². The van der Waals surface area contributed by atoms with Crippen molar-refractivity contribution in [1.29, 1.82) is 0 Å². The Morgan fingerprint density at radius 1 is 1.32 bits per heavy atom. The van der Waals surface area contributed by atoms with Gasteiger partial charge in [0.05, 0.1) is 23.5 Å². The molecule has 0 atom stereocenters. The SMILES string of the molecule is CS(=O)(=O)N(CCC(=O)Nc1ccc(F)c(Cl)c1)Cc1ccccn1. The maximum Gasteiger partial charge on any atom is 0.225 e. The van der Waals surface area contributed by atoms with Gasteiger partial charge in [-0.2, -0.15) is 4.31 Å². The number of pyridine rings is 1. The monoisotopic (exact) mass is 385 g/mol. The molecule has 1 aromatic carbocycles. The zero-order valence-electron chi connectivity index (χ0n) is 13.4. The number of nitrogens with one attached hydrogen (secondary N) is 1. The van der Waals surface area contributed by atoms with Gasteiger partial charge >= 0.3 is 0 Å². The van der Waals surface area contributed by atoms with Crippen molar-refractivity contribution in [2.75, 3.05) is 18.1 Å². The molecule has 6 nitrogen and oxygen atoms in total. The molecule has 1 N–H and O–H groups in total. The van der Waals surface area contributed by atoms with Crippen LogP contribution in [-0.4, -0.2) is 36.4 Å². The van der Waals surface area contributed by atoms with Gasteiger partial charge in [0.2, 0.25) is 15.9 Å². The van der Waals surface area contributed by atoms with E-state index in [-0.39, 0.29) is 24.5 Å². The van der Waals surface area contributed by atoms with E-state index in [1.54, 1.807) is 24.4 Å². The second-order valence-electron chi connectivity index (χ2n) is 5.34. The fourth-order valence-electron chi connectivity index (χ4n) is 2.06. The van der Waals surface area contributed by atoms with Gasteiger partial charge in [0.25, 0.3) is 0 Å². The Bertz CT molecular complexity index is 847. The molecule has 1 heterocycles. The largest absolute Gasteiger partial charge is 0.326 e. The van der Waals surface area contributed by atoms with Crippen LogP contribution in [0.1, 0.15) is 12.1 Å². The van der Waals surface area contributed by atoms with Gasteiger partial charge in [-0.3, -0.25) is 9.78 Å². The molecule has 2 aromatic rings. The Morgan fingerprint density at radius 3 is 2.68 bits per heavy atom. The molecule has 0 aliphatic carbocycles. The number of aromatic nitrogens is 1. The number of hydrogen-bond donors (Lipinski definition) is 1. The third kappa shape index (κ3) is 6.08. The molecule has 0 aliphatic rings. The molecule has 0 saturated carbocycles. The third-order valence-corrected chi connectivity index (χ3v) is 4.86. The minimum Gasteiger partial charge on any atom is -0.326 e. The van der Waals surface area contributed by atoms with Crippen LogP contribution in [0.4, 0.5) is 10.1 Å². The highest BCUT2D eigenvalue weighted by Crippen LogP contribution is 2.19. The quantitative estimate of drug-likeness (QED) is 0.794. The van der Waals surface area contributed by atoms with Gasteiger partial charge in [0.15, 0.2) is 0 Å². The fraction of sp³-hybridized carbons (Fsp3) is 0.250. The molecular weight excluding hydrogens is 369 g/mol. The van der Waals surface area contributed by atoms with Gasteiger partial charge in [-0.05, 0) is 30.3 Å². The number of sulfonamides is 1. The van der Waals surface area contributed by atoms with Crippen LogP contribution in [0, 0.1) is 5.82 Å². The van der Waals surface area contributed by atoms with Crippen LogP contribution in [0.2, 0.25) is 5.02 Å². The summed E-state index contributed by atoms with van der Waals surface area (Å²) in [6.07, 6.45) is 2.59. The summed E-state index contributed by atoms with van der Waals surface area (Å²) < 4.78 is 38.1. The molecule has 0 unspecified atom stereocenters. The molecule has 0 fully saturated rings. The number of rotatable bonds is 7. The first-order chi connectivity index (χ1) is 11.8. The van der Waals surface area contributed by atoms with E-state index >= 15 is 0 Å². The number of carbonyl (C=O) groups excluding carboxylic acids is 1. The van der Waals surface area contributed by atoms with Crippen LogP contribution in [0.15, 0.2) is 42.6 Å². The lowest BCUT2D eigenvalue weighted by Gasteiger charge is -2.19. The van der Waals surface area contributed by atoms with Crippen molar-refractivity contribution in [3.63, 3.8) is 0 Å². The topological polar surface area (TPSA) is 79.4 Å². The number of halogens is 2. The first kappa shape index (κ1) is 19.3. The summed E-state index contributed by atoms with van der Waals surface area (Å²) in [6, 6.07) is 9.00. The van der Waals surface area contributed by atoms with E-state index in [0.717, 1.165) is 12.3 Å². The second-order valence-corrected chi connectivity index (χ2v) is 7.73. The molecule has 2 rings (SSSR count). The average Bonchev–Trinajstić information content (AvgIpc) is 2.55. The number of hydrogen-bond acceptors (Lipinski definition) is 4. The molecule has 0 saturated heterocycles. The highest BCUT2D eigenvalue weighted by atomic mass is 35.5. The molecule has 9 heteroatoms. The zero-order valence-corrected chi connectivity index (χ0v) is 15.0. The van der Waals surface area contributed by atoms with Crippen LogP contribution < -0.4 is 5.32 Å². The summed E-state index contributed by atoms with van der Waals surface area (Å²) in [5.74, 6) is -0.990. The number of carbonyl (C=O) groups is 1. The molecule has 0 aliphatic heterocycles. The van der Waals surface area contributed by atoms with E-state index in [4.69, 9.17) is 11.6 Å². The first-order valence-corrected chi connectivity index (χ1v) is 9.58. The highest BCUT2D eigenvalue weighted by molar-refractivity contribution is 7.88. The van der Waals surface area contributed by atoms with Gasteiger partial charge < -0.3 is 5.32 Å². The summed E-state index contributed by atoms with van der Waals surface area (Å²) in [4.78, 5) is 16.1. The van der Waals surface area contributed by atoms with E-state index in [9.17, 15) is 17.6 Å². The van der Waals surface area contributed by atoms with Gasteiger partial charge in [-0.1, -0.05) is 17.7 Å². The summed E-state index contributed by atoms with van der Waals surface area (Å²) >= 11 is 5.65. The van der Waals surface area contributed by atoms with Gasteiger partial charge in [-0.15, -0.1) is 0 Å². The van der Waals surface area contributed by atoms with Crippen LogP contribution >= 0.6 is 11.6 Å². The fourth-order valence-corrected chi connectivity index (χ4v) is 3.03. The number of benzene rings is 1. The second kappa shape index (κ2) is 8.37. The van der Waals surface area contributed by atoms with Crippen molar-refractivity contribution in [2.24, 2.45) is 0 Å². The average molecular weight is 386 g/mol. The number of anilines is 1. The Balaban J connectivity index is 1.97. The lowest BCUT2D eigenvalue weighted by molar-refractivity contribution is -0.116. The summed E-state index contributed by atoms with van der Waals surface area (Å²) in [5, 5.41) is 2.45. The third-order valence-electron chi connectivity index (χ3n) is 3.33. The van der Waals surface area contributed by atoms with Crippen LogP contribution in [0.3, 0.4) is 0 Å². The van der Waals surface area contributed by atoms with Crippen LogP contribution in [0.5, 0.6) is 0 Å². The lowest BCUT2D eigenvalue weighted by atomic mass is 10.3. The van der Waals surface area contributed by atoms with E-state index in [0.29, 0.717) is 11.4 Å². The summed E-state index contributed by atoms with van der Waals surface area (Å²) in [5.41, 5.74) is 0.922. The zero-order chi connectivity index (χ0) is 18.4. The van der Waals surface area contributed by atoms with Crippen molar-refractivity contribution in [1.82, 2.24) is 9.29 Å². The summed E-state index contributed by atoms with van der Waals surface area (Å²) in [6.45, 7) is 0.0749. The summed E-state index contributed by atoms with van der Waals surface area (Å²) in [7, 11) is -3.50. The number of amides is 1. The Kier molecular flexibility index (Phi) is 6.46. The van der Waals surface area contributed by atoms with Crippen molar-refractivity contribution in [2.45, 2.75) is 13.0 Å². The molecule has 0 bridgehead atoms. The maximum atomic E-state index is 13.1. The van der Waals surface area contributed by atoms with Crippen molar-refractivity contribution in [3.05, 3.63) is 59.1 Å². The highest BCUT2D eigenvalue weighted by Gasteiger charge is 2.19. The van der Waals surface area contributed by atoms with Gasteiger partial charge in [-0.25, -0.2) is 12.8 Å². The molecular formula is C16H17ClFN3O3S. The van der Waals surface area contributed by atoms with E-state index in [1.165, 1.54) is 16.4 Å². The Hall–Kier alpha value is -2.03. The van der Waals surface area contributed by atoms with E-state index in [1.807, 2.05) is 0 Å². The van der Waals surface area contributed by atoms with Gasteiger partial charge in [0.1, 0.15) is 5.82 Å². The smallest absolute Gasteiger partial charge is 0.225 e. The lowest BCUT2D eigenvalue weighted by Crippen LogP contribution is -2.32. The van der Waals surface area contributed by atoms with Crippen molar-refractivity contribution in [3.8, 4) is 0 Å². The van der Waals surface area contributed by atoms with E-state index < -0.39 is 21.7 Å². The molecule has 25 heavy (non-hydrogen) atoms. The predicted molar refractivity (Wildman–Crippen MR) is 94.1 cm³/mol. The van der Waals surface area contributed by atoms with Crippen LogP contribution in [0.25, 0.3) is 0 Å². The normalized spacial score (nSPS) is 11.5. The Labute approximate surface area is 150 Å². The molecule has 1 aromatic heterocycles. The molecule has 134 valence electrons. The molecule has 0 radical (unpaired) electrons. The Morgan fingerprint density at radius 2 is 2.08 bits per heavy atom. The molecule has 1 amide bonds. The minimum atomic E-state index is -3.50. The first-order valence-electron chi connectivity index (χ1n) is 7.35. The predicted octanol–water partition coefficient (Wildman–Crippen LogP) is 2.66. The standard InChI is InChI=1S/C16H17ClFN3O3S/c1-25(23,24)21(11-13-4-2-3-8-19-13)9-7-16(22)20-12-5-6-15(18)14(17)10-12/h2-6,8,10H,7,9,11H2,1H3,(H,20,22). The molecule has 0 spiro atoms. The minimum absolute atomic E-state index is 0.00380. The van der Waals surface area contributed by atoms with Crippen LogP contribution in [-0.2, 0) is 21.4 Å². The van der Waals surface area contributed by atoms with E-state index in [2.05, 4.69) is 10.3 Å².